The first-order chi connectivity index (χ1) is 15.4. The molecule has 0 fully saturated rings. The van der Waals surface area contributed by atoms with Crippen LogP contribution in [0.15, 0.2) is 72.8 Å². The van der Waals surface area contributed by atoms with E-state index >= 15 is 0 Å². The number of hydrogen-bond donors (Lipinski definition) is 5. The van der Waals surface area contributed by atoms with Crippen molar-refractivity contribution in [2.24, 2.45) is 5.92 Å². The lowest BCUT2D eigenvalue weighted by Gasteiger charge is -2.19. The van der Waals surface area contributed by atoms with Gasteiger partial charge in [-0.1, -0.05) is 30.3 Å². The van der Waals surface area contributed by atoms with Crippen LogP contribution in [0.3, 0.4) is 0 Å². The molecule has 5 N–H and O–H groups in total. The minimum absolute atomic E-state index is 0.0229. The Bertz CT molecular complexity index is 1160. The number of carbonyl (C=O) groups is 3. The summed E-state index contributed by atoms with van der Waals surface area (Å²) in [7, 11) is 0. The molecule has 3 aromatic rings. The van der Waals surface area contributed by atoms with Crippen molar-refractivity contribution in [1.29, 1.82) is 0 Å². The molecule has 2 atom stereocenters. The highest BCUT2D eigenvalue weighted by Gasteiger charge is 2.39. The molecule has 3 aromatic carbocycles. The zero-order valence-electron chi connectivity index (χ0n) is 16.9. The highest BCUT2D eigenvalue weighted by atomic mass is 16.4. The van der Waals surface area contributed by atoms with E-state index in [1.807, 2.05) is 18.2 Å². The van der Waals surface area contributed by atoms with Crippen LogP contribution in [0.2, 0.25) is 0 Å². The summed E-state index contributed by atoms with van der Waals surface area (Å²) in [4.78, 5) is 36.6. The molecule has 162 valence electrons. The maximum absolute atomic E-state index is 12.8. The molecule has 0 radical (unpaired) electrons. The number of carboxylic acids is 1. The van der Waals surface area contributed by atoms with Crippen LogP contribution in [0.4, 0.5) is 16.2 Å². The molecule has 32 heavy (non-hydrogen) atoms. The van der Waals surface area contributed by atoms with Crippen LogP contribution in [-0.4, -0.2) is 28.1 Å². The van der Waals surface area contributed by atoms with E-state index in [1.54, 1.807) is 48.5 Å². The highest BCUT2D eigenvalue weighted by Crippen LogP contribution is 2.40. The van der Waals surface area contributed by atoms with Crippen molar-refractivity contribution in [2.75, 3.05) is 10.6 Å². The van der Waals surface area contributed by atoms with Crippen molar-refractivity contribution in [1.82, 2.24) is 5.32 Å². The van der Waals surface area contributed by atoms with Gasteiger partial charge in [0.15, 0.2) is 0 Å². The van der Waals surface area contributed by atoms with Gasteiger partial charge in [0, 0.05) is 22.5 Å². The summed E-state index contributed by atoms with van der Waals surface area (Å²) in [5, 5.41) is 27.8. The van der Waals surface area contributed by atoms with Gasteiger partial charge in [-0.15, -0.1) is 0 Å². The normalized spacial score (nSPS) is 16.6. The fraction of sp³-hybridized carbons (Fsp3) is 0.125. The van der Waals surface area contributed by atoms with E-state index in [-0.39, 0.29) is 12.2 Å². The highest BCUT2D eigenvalue weighted by molar-refractivity contribution is 6.00. The Hall–Kier alpha value is -4.33. The fourth-order valence-corrected chi connectivity index (χ4v) is 3.81. The molecule has 0 bridgehead atoms. The first-order valence-electron chi connectivity index (χ1n) is 10.00. The van der Waals surface area contributed by atoms with Gasteiger partial charge in [-0.05, 0) is 54.4 Å². The number of carbonyl (C=O) groups excluding carboxylic acids is 2. The van der Waals surface area contributed by atoms with Gasteiger partial charge in [-0.3, -0.25) is 9.59 Å². The third kappa shape index (κ3) is 4.39. The summed E-state index contributed by atoms with van der Waals surface area (Å²) in [6.07, 6.45) is 0.141. The maximum Gasteiger partial charge on any atom is 0.323 e. The number of nitrogens with one attached hydrogen (secondary N) is 3. The van der Waals surface area contributed by atoms with Gasteiger partial charge >= 0.3 is 12.0 Å². The van der Waals surface area contributed by atoms with Crippen LogP contribution < -0.4 is 16.0 Å². The molecule has 8 nitrogen and oxygen atoms in total. The molecule has 1 aliphatic rings. The van der Waals surface area contributed by atoms with Crippen molar-refractivity contribution in [3.63, 3.8) is 0 Å². The van der Waals surface area contributed by atoms with Crippen LogP contribution >= 0.6 is 0 Å². The lowest BCUT2D eigenvalue weighted by atomic mass is 10.00. The summed E-state index contributed by atoms with van der Waals surface area (Å²) in [6, 6.07) is 18.9. The zero-order valence-corrected chi connectivity index (χ0v) is 16.9. The largest absolute Gasteiger partial charge is 0.508 e. The number of aromatic hydroxyl groups is 1. The van der Waals surface area contributed by atoms with E-state index in [9.17, 15) is 24.6 Å². The Morgan fingerprint density at radius 3 is 2.12 bits per heavy atom. The van der Waals surface area contributed by atoms with Gasteiger partial charge < -0.3 is 26.2 Å². The first-order valence-corrected chi connectivity index (χ1v) is 10.00. The number of rotatable bonds is 5. The molecule has 0 heterocycles. The summed E-state index contributed by atoms with van der Waals surface area (Å²) >= 11 is 0. The van der Waals surface area contributed by atoms with Crippen LogP contribution in [-0.2, 0) is 11.2 Å². The van der Waals surface area contributed by atoms with E-state index in [1.165, 1.54) is 6.07 Å². The Morgan fingerprint density at radius 2 is 1.47 bits per heavy atom. The molecular weight excluding hydrogens is 410 g/mol. The third-order valence-electron chi connectivity index (χ3n) is 5.39. The minimum atomic E-state index is -1.05. The van der Waals surface area contributed by atoms with Gasteiger partial charge in [-0.25, -0.2) is 4.79 Å². The van der Waals surface area contributed by atoms with Crippen molar-refractivity contribution in [3.8, 4) is 5.75 Å². The van der Waals surface area contributed by atoms with E-state index in [0.29, 0.717) is 28.1 Å². The minimum Gasteiger partial charge on any atom is -0.508 e. The molecule has 4 rings (SSSR count). The number of phenolic OH excluding ortho intramolecular Hbond substituents is 1. The van der Waals surface area contributed by atoms with E-state index < -0.39 is 29.9 Å². The number of benzene rings is 3. The quantitative estimate of drug-likeness (QED) is 0.420. The number of anilines is 2. The molecular formula is C24H21N3O5. The van der Waals surface area contributed by atoms with E-state index in [0.717, 1.165) is 0 Å². The maximum atomic E-state index is 12.8. The van der Waals surface area contributed by atoms with Gasteiger partial charge in [0.25, 0.3) is 5.91 Å². The van der Waals surface area contributed by atoms with Gasteiger partial charge in [0.2, 0.25) is 0 Å². The molecule has 0 unspecified atom stereocenters. The second-order valence-electron chi connectivity index (χ2n) is 7.47. The predicted octanol–water partition coefficient (Wildman–Crippen LogP) is 3.76. The topological polar surface area (TPSA) is 128 Å². The molecule has 0 aromatic heterocycles. The number of hydrogen-bond acceptors (Lipinski definition) is 4. The Balaban J connectivity index is 1.43. The number of fused-ring (bicyclic) bond motifs is 1. The summed E-state index contributed by atoms with van der Waals surface area (Å²) in [6.45, 7) is 0. The van der Waals surface area contributed by atoms with Crippen molar-refractivity contribution in [3.05, 3.63) is 89.5 Å². The number of aliphatic carboxylic acids is 1. The number of carboxylic acid groups (broad SMARTS) is 1. The molecule has 0 saturated carbocycles. The van der Waals surface area contributed by atoms with Gasteiger partial charge in [0.05, 0.1) is 12.0 Å². The number of urea groups is 1. The molecule has 0 spiro atoms. The first kappa shape index (κ1) is 20.9. The second kappa shape index (κ2) is 8.81. The predicted molar refractivity (Wildman–Crippen MR) is 119 cm³/mol. The summed E-state index contributed by atoms with van der Waals surface area (Å²) in [5.74, 6) is -2.34. The second-order valence-corrected chi connectivity index (χ2v) is 7.47. The lowest BCUT2D eigenvalue weighted by molar-refractivity contribution is -0.142. The number of amides is 3. The summed E-state index contributed by atoms with van der Waals surface area (Å²) in [5.41, 5.74) is 2.60. The Labute approximate surface area is 183 Å². The van der Waals surface area contributed by atoms with E-state index in [4.69, 9.17) is 0 Å². The average Bonchev–Trinajstić information content (AvgIpc) is 3.15. The molecule has 8 heteroatoms. The van der Waals surface area contributed by atoms with Crippen LogP contribution in [0, 0.1) is 5.92 Å². The average molecular weight is 431 g/mol. The van der Waals surface area contributed by atoms with Crippen molar-refractivity contribution < 1.29 is 24.6 Å². The van der Waals surface area contributed by atoms with E-state index in [2.05, 4.69) is 16.0 Å². The lowest BCUT2D eigenvalue weighted by Crippen LogP contribution is -2.34. The Morgan fingerprint density at radius 1 is 0.812 bits per heavy atom. The molecule has 0 aliphatic heterocycles. The van der Waals surface area contributed by atoms with Gasteiger partial charge in [-0.2, -0.15) is 0 Å². The fourth-order valence-electron chi connectivity index (χ4n) is 3.81. The van der Waals surface area contributed by atoms with Gasteiger partial charge in [0.1, 0.15) is 5.75 Å². The molecule has 0 saturated heterocycles. The van der Waals surface area contributed by atoms with Crippen molar-refractivity contribution in [2.45, 2.75) is 12.5 Å². The zero-order chi connectivity index (χ0) is 22.7. The molecule has 3 amide bonds. The number of phenols is 1. The summed E-state index contributed by atoms with van der Waals surface area (Å²) < 4.78 is 0. The SMILES string of the molecule is O=C(Nc1ccccc1)Nc1ccc(C(=O)N[C@H]2c3cccc(O)c3C[C@H]2C(=O)O)cc1. The Kier molecular flexibility index (Phi) is 5.76. The van der Waals surface area contributed by atoms with Crippen molar-refractivity contribution >= 4 is 29.3 Å². The van der Waals surface area contributed by atoms with Crippen LogP contribution in [0.25, 0.3) is 0 Å². The standard InChI is InChI=1S/C24H21N3O5/c28-20-8-4-7-17-18(20)13-19(23(30)31)21(17)27-22(29)14-9-11-16(12-10-14)26-24(32)25-15-5-2-1-3-6-15/h1-12,19,21,28H,13H2,(H,27,29)(H,30,31)(H2,25,26,32)/t19-,21+/m1/s1. The van der Waals surface area contributed by atoms with Crippen LogP contribution in [0.1, 0.15) is 27.5 Å². The smallest absolute Gasteiger partial charge is 0.323 e. The van der Waals surface area contributed by atoms with Crippen LogP contribution in [0.5, 0.6) is 5.75 Å². The molecule has 1 aliphatic carbocycles. The third-order valence-corrected chi connectivity index (χ3v) is 5.39. The number of para-hydroxylation sites is 1. The monoisotopic (exact) mass is 431 g/mol.